The first-order chi connectivity index (χ1) is 17.0. The fourth-order valence-corrected chi connectivity index (χ4v) is 4.48. The van der Waals surface area contributed by atoms with Gasteiger partial charge < -0.3 is 24.2 Å². The second kappa shape index (κ2) is 11.4. The molecule has 4 rings (SSSR count). The number of nitrogens with zero attached hydrogens (tertiary/aromatic N) is 4. The Kier molecular flexibility index (Phi) is 8.71. The smallest absolute Gasteiger partial charge is 0.394 e. The quantitative estimate of drug-likeness (QED) is 0.474. The van der Waals surface area contributed by atoms with Crippen LogP contribution in [-0.4, -0.2) is 85.4 Å². The van der Waals surface area contributed by atoms with Gasteiger partial charge in [0.1, 0.15) is 0 Å². The Morgan fingerprint density at radius 2 is 1.78 bits per heavy atom. The molecule has 0 amide bonds. The van der Waals surface area contributed by atoms with Crippen LogP contribution < -0.4 is 19.1 Å². The number of fused-ring (bicyclic) bond motifs is 3. The molecule has 0 bridgehead atoms. The number of aliphatic imine (C=N–C) groups is 1. The minimum Gasteiger partial charge on any atom is -0.493 e. The van der Waals surface area contributed by atoms with Crippen LogP contribution in [-0.2, 0) is 10.4 Å². The van der Waals surface area contributed by atoms with E-state index in [9.17, 15) is 5.11 Å². The molecule has 1 aliphatic carbocycles. The molecular formula is C23H32N4O8S. The van der Waals surface area contributed by atoms with Crippen LogP contribution in [0.3, 0.4) is 0 Å². The van der Waals surface area contributed by atoms with Crippen molar-refractivity contribution in [2.45, 2.75) is 44.2 Å². The van der Waals surface area contributed by atoms with Gasteiger partial charge in [0.05, 0.1) is 44.2 Å². The van der Waals surface area contributed by atoms with Gasteiger partial charge in [0.2, 0.25) is 11.8 Å². The maximum atomic E-state index is 10.3. The minimum atomic E-state index is -4.67. The molecule has 3 atom stereocenters. The van der Waals surface area contributed by atoms with Gasteiger partial charge in [0.15, 0.2) is 11.5 Å². The van der Waals surface area contributed by atoms with E-state index in [1.807, 2.05) is 38.1 Å². The molecule has 1 fully saturated rings. The van der Waals surface area contributed by atoms with Gasteiger partial charge in [-0.15, -0.1) is 0 Å². The van der Waals surface area contributed by atoms with Gasteiger partial charge in [-0.05, 0) is 43.9 Å². The number of methoxy groups -OCH3 is 2. The van der Waals surface area contributed by atoms with Crippen LogP contribution in [0.1, 0.15) is 48.8 Å². The second-order valence-electron chi connectivity index (χ2n) is 8.58. The van der Waals surface area contributed by atoms with Crippen LogP contribution in [0, 0.1) is 0 Å². The summed E-state index contributed by atoms with van der Waals surface area (Å²) in [6, 6.07) is 4.09. The van der Waals surface area contributed by atoms with Gasteiger partial charge in [-0.3, -0.25) is 14.1 Å². The molecule has 1 aliphatic heterocycles. The van der Waals surface area contributed by atoms with Crippen LogP contribution in [0.4, 0.5) is 5.95 Å². The van der Waals surface area contributed by atoms with Crippen molar-refractivity contribution >= 4 is 22.1 Å². The SMILES string of the molecule is CCOc1cc2c(cc1OC)C(c1cnc(N(C)C)nc1OC)=N[C@@H]1CC[C@@H](O)C[C@H]21.O=S(=O)(O)O. The average Bonchev–Trinajstić information content (AvgIpc) is 2.82. The zero-order valence-corrected chi connectivity index (χ0v) is 21.7. The van der Waals surface area contributed by atoms with Crippen molar-refractivity contribution in [3.8, 4) is 17.4 Å². The number of anilines is 1. The highest BCUT2D eigenvalue weighted by Gasteiger charge is 2.38. The van der Waals surface area contributed by atoms with E-state index >= 15 is 0 Å². The van der Waals surface area contributed by atoms with E-state index in [4.69, 9.17) is 36.7 Å². The Morgan fingerprint density at radius 3 is 2.36 bits per heavy atom. The highest BCUT2D eigenvalue weighted by molar-refractivity contribution is 7.79. The summed E-state index contributed by atoms with van der Waals surface area (Å²) in [5, 5.41) is 10.3. The molecule has 198 valence electrons. The highest BCUT2D eigenvalue weighted by Crippen LogP contribution is 2.45. The summed E-state index contributed by atoms with van der Waals surface area (Å²) in [6.07, 6.45) is 3.70. The van der Waals surface area contributed by atoms with E-state index in [1.165, 1.54) is 0 Å². The first kappa shape index (κ1) is 27.6. The van der Waals surface area contributed by atoms with Gasteiger partial charge in [-0.2, -0.15) is 13.4 Å². The fraction of sp³-hybridized carbons (Fsp3) is 0.522. The first-order valence-corrected chi connectivity index (χ1v) is 12.8. The van der Waals surface area contributed by atoms with Crippen LogP contribution >= 0.6 is 0 Å². The largest absolute Gasteiger partial charge is 0.493 e. The maximum absolute atomic E-state index is 10.3. The number of hydrogen-bond donors (Lipinski definition) is 3. The van der Waals surface area contributed by atoms with Crippen LogP contribution in [0.15, 0.2) is 23.3 Å². The summed E-state index contributed by atoms with van der Waals surface area (Å²) >= 11 is 0. The van der Waals surface area contributed by atoms with Crippen molar-refractivity contribution in [2.75, 3.05) is 39.8 Å². The number of aromatic nitrogens is 2. The monoisotopic (exact) mass is 524 g/mol. The zero-order chi connectivity index (χ0) is 26.6. The lowest BCUT2D eigenvalue weighted by Crippen LogP contribution is -2.34. The number of benzene rings is 1. The molecule has 2 aromatic rings. The second-order valence-corrected chi connectivity index (χ2v) is 9.47. The van der Waals surface area contributed by atoms with E-state index in [1.54, 1.807) is 20.4 Å². The molecule has 12 nitrogen and oxygen atoms in total. The molecule has 36 heavy (non-hydrogen) atoms. The van der Waals surface area contributed by atoms with Gasteiger partial charge in [-0.25, -0.2) is 4.98 Å². The Labute approximate surface area is 210 Å². The molecule has 3 N–H and O–H groups in total. The normalized spacial score (nSPS) is 20.7. The van der Waals surface area contributed by atoms with Gasteiger partial charge in [-0.1, -0.05) is 0 Å². The molecule has 1 aromatic carbocycles. The molecular weight excluding hydrogens is 492 g/mol. The molecule has 0 radical (unpaired) electrons. The molecule has 0 saturated heterocycles. The van der Waals surface area contributed by atoms with Crippen molar-refractivity contribution in [3.63, 3.8) is 0 Å². The molecule has 2 aliphatic rings. The lowest BCUT2D eigenvalue weighted by molar-refractivity contribution is 0.111. The summed E-state index contributed by atoms with van der Waals surface area (Å²) in [6.45, 7) is 2.49. The Bertz CT molecular complexity index is 1210. The molecule has 1 saturated carbocycles. The Hall–Kier alpha value is -3.00. The Morgan fingerprint density at radius 1 is 1.08 bits per heavy atom. The molecule has 0 spiro atoms. The van der Waals surface area contributed by atoms with E-state index in [0.717, 1.165) is 35.2 Å². The van der Waals surface area contributed by atoms with Gasteiger partial charge in [0, 0.05) is 31.8 Å². The van der Waals surface area contributed by atoms with E-state index in [0.29, 0.717) is 36.4 Å². The lowest BCUT2D eigenvalue weighted by atomic mass is 9.74. The summed E-state index contributed by atoms with van der Waals surface area (Å²) in [5.74, 6) is 2.52. The number of aliphatic hydroxyl groups is 1. The Balaban J connectivity index is 0.000000658. The van der Waals surface area contributed by atoms with Crippen molar-refractivity contribution in [1.82, 2.24) is 9.97 Å². The predicted octanol–water partition coefficient (Wildman–Crippen LogP) is 2.15. The zero-order valence-electron chi connectivity index (χ0n) is 20.9. The third-order valence-corrected chi connectivity index (χ3v) is 5.96. The minimum absolute atomic E-state index is 0.0759. The number of hydrogen-bond acceptors (Lipinski definition) is 10. The van der Waals surface area contributed by atoms with Crippen molar-refractivity contribution in [1.29, 1.82) is 0 Å². The summed E-state index contributed by atoms with van der Waals surface area (Å²) < 4.78 is 48.7. The number of rotatable bonds is 6. The summed E-state index contributed by atoms with van der Waals surface area (Å²) in [5.41, 5.74) is 3.58. The fourth-order valence-electron chi connectivity index (χ4n) is 4.48. The third kappa shape index (κ3) is 6.40. The van der Waals surface area contributed by atoms with Crippen LogP contribution in [0.2, 0.25) is 0 Å². The molecule has 2 heterocycles. The van der Waals surface area contributed by atoms with Gasteiger partial charge in [0.25, 0.3) is 0 Å². The standard InChI is InChI=1S/C23H30N4O4.H2O4S/c1-6-31-20-10-14-15-9-13(28)7-8-18(15)25-21(16(14)11-19(20)29-4)17-12-24-23(27(2)3)26-22(17)30-5;1-5(2,3)4/h10-13,15,18,28H,6-9H2,1-5H3;(H2,1,2,3,4)/t13-,15-,18-;/m1./s1. The lowest BCUT2D eigenvalue weighted by Gasteiger charge is -2.37. The van der Waals surface area contributed by atoms with Crippen molar-refractivity contribution in [2.24, 2.45) is 4.99 Å². The van der Waals surface area contributed by atoms with Gasteiger partial charge >= 0.3 is 10.4 Å². The first-order valence-electron chi connectivity index (χ1n) is 11.4. The topological polar surface area (TPSA) is 164 Å². The van der Waals surface area contributed by atoms with E-state index < -0.39 is 10.4 Å². The van der Waals surface area contributed by atoms with Crippen molar-refractivity contribution in [3.05, 3.63) is 35.0 Å². The summed E-state index contributed by atoms with van der Waals surface area (Å²) in [7, 11) is 2.35. The maximum Gasteiger partial charge on any atom is 0.394 e. The van der Waals surface area contributed by atoms with Crippen LogP contribution in [0.5, 0.6) is 17.4 Å². The number of ether oxygens (including phenoxy) is 3. The highest BCUT2D eigenvalue weighted by atomic mass is 32.3. The summed E-state index contributed by atoms with van der Waals surface area (Å²) in [4.78, 5) is 16.0. The van der Waals surface area contributed by atoms with Crippen LogP contribution in [0.25, 0.3) is 0 Å². The van der Waals surface area contributed by atoms with Crippen molar-refractivity contribution < 1.29 is 36.8 Å². The van der Waals surface area contributed by atoms with E-state index in [2.05, 4.69) is 9.97 Å². The molecule has 13 heteroatoms. The number of aliphatic hydroxyl groups excluding tert-OH is 1. The molecule has 0 unspecified atom stereocenters. The molecule has 1 aromatic heterocycles. The average molecular weight is 525 g/mol. The third-order valence-electron chi connectivity index (χ3n) is 5.96. The van der Waals surface area contributed by atoms with E-state index in [-0.39, 0.29) is 18.1 Å². The predicted molar refractivity (Wildman–Crippen MR) is 133 cm³/mol.